The molecule has 2 aromatic rings. The van der Waals surface area contributed by atoms with Crippen LogP contribution in [0, 0.1) is 16.1 Å². The molecular weight excluding hydrogens is 358 g/mol. The average Bonchev–Trinajstić information content (AvgIpc) is 2.45. The summed E-state index contributed by atoms with van der Waals surface area (Å²) in [6, 6.07) is 5.23. The quantitative estimate of drug-likeness (QED) is 0.813. The zero-order valence-corrected chi connectivity index (χ0v) is 13.5. The van der Waals surface area contributed by atoms with Crippen LogP contribution in [0.2, 0.25) is 0 Å². The predicted molar refractivity (Wildman–Crippen MR) is 83.2 cm³/mol. The van der Waals surface area contributed by atoms with Gasteiger partial charge in [0.2, 0.25) is 0 Å². The van der Waals surface area contributed by atoms with Gasteiger partial charge < -0.3 is 14.5 Å². The number of methoxy groups -OCH3 is 2. The van der Waals surface area contributed by atoms with Crippen LogP contribution in [0.25, 0.3) is 11.3 Å². The fourth-order valence-corrected chi connectivity index (χ4v) is 2.67. The molecule has 0 saturated heterocycles. The Labute approximate surface area is 133 Å². The highest BCUT2D eigenvalue weighted by atomic mass is 79.9. The second-order valence-electron chi connectivity index (χ2n) is 3.96. The number of benzene rings is 1. The number of nitrogens with one attached hydrogen (secondary N) is 2. The standard InChI is InChI=1S/C13H10BrN3O3S/c1-19-9-4-6(3-8(14)11(9)20-2)10-7(5-15)12(18)17-13(21)16-10/h3-4H,1-2H3,(H2,16,17,18,21). The molecular formula is C13H10BrN3O3S. The number of ether oxygens (including phenoxy) is 2. The summed E-state index contributed by atoms with van der Waals surface area (Å²) >= 11 is 8.32. The van der Waals surface area contributed by atoms with E-state index in [0.29, 0.717) is 27.2 Å². The highest BCUT2D eigenvalue weighted by molar-refractivity contribution is 9.10. The largest absolute Gasteiger partial charge is 0.493 e. The number of nitriles is 1. The van der Waals surface area contributed by atoms with E-state index in [-0.39, 0.29) is 10.3 Å². The molecule has 0 spiro atoms. The van der Waals surface area contributed by atoms with Crippen LogP contribution in [-0.4, -0.2) is 24.2 Å². The topological polar surface area (TPSA) is 90.9 Å². The molecule has 0 aliphatic carbocycles. The Hall–Kier alpha value is -2.11. The van der Waals surface area contributed by atoms with Crippen molar-refractivity contribution in [2.24, 2.45) is 0 Å². The first-order chi connectivity index (χ1) is 10.0. The Kier molecular flexibility index (Phi) is 4.45. The van der Waals surface area contributed by atoms with E-state index in [2.05, 4.69) is 25.9 Å². The summed E-state index contributed by atoms with van der Waals surface area (Å²) in [5, 5.41) is 9.16. The highest BCUT2D eigenvalue weighted by Crippen LogP contribution is 2.39. The van der Waals surface area contributed by atoms with Crippen molar-refractivity contribution in [1.29, 1.82) is 5.26 Å². The fraction of sp³-hybridized carbons (Fsp3) is 0.154. The zero-order chi connectivity index (χ0) is 15.6. The van der Waals surface area contributed by atoms with Gasteiger partial charge in [-0.1, -0.05) is 0 Å². The molecule has 0 fully saturated rings. The van der Waals surface area contributed by atoms with E-state index in [1.165, 1.54) is 14.2 Å². The van der Waals surface area contributed by atoms with Gasteiger partial charge in [0.15, 0.2) is 16.3 Å². The van der Waals surface area contributed by atoms with Crippen molar-refractivity contribution in [2.45, 2.75) is 0 Å². The van der Waals surface area contributed by atoms with Crippen LogP contribution < -0.4 is 15.0 Å². The van der Waals surface area contributed by atoms with E-state index in [1.54, 1.807) is 12.1 Å². The van der Waals surface area contributed by atoms with Crippen molar-refractivity contribution in [1.82, 2.24) is 9.97 Å². The number of halogens is 1. The molecule has 1 aromatic carbocycles. The van der Waals surface area contributed by atoms with Crippen molar-refractivity contribution >= 4 is 28.1 Å². The van der Waals surface area contributed by atoms with Gasteiger partial charge in [-0.3, -0.25) is 9.78 Å². The lowest BCUT2D eigenvalue weighted by Crippen LogP contribution is -2.13. The van der Waals surface area contributed by atoms with E-state index in [0.717, 1.165) is 0 Å². The van der Waals surface area contributed by atoms with Gasteiger partial charge in [0.05, 0.1) is 24.4 Å². The molecule has 0 radical (unpaired) electrons. The SMILES string of the molecule is COc1cc(-c2[nH]c(=S)[nH]c(=O)c2C#N)cc(Br)c1OC. The van der Waals surface area contributed by atoms with E-state index < -0.39 is 5.56 Å². The van der Waals surface area contributed by atoms with Crippen LogP contribution >= 0.6 is 28.1 Å². The zero-order valence-electron chi connectivity index (χ0n) is 11.1. The summed E-state index contributed by atoms with van der Waals surface area (Å²) in [6.45, 7) is 0. The summed E-state index contributed by atoms with van der Waals surface area (Å²) in [4.78, 5) is 17.0. The average molecular weight is 368 g/mol. The third kappa shape index (κ3) is 2.84. The second-order valence-corrected chi connectivity index (χ2v) is 5.23. The molecule has 1 heterocycles. The minimum Gasteiger partial charge on any atom is -0.493 e. The first-order valence-corrected chi connectivity index (χ1v) is 6.90. The lowest BCUT2D eigenvalue weighted by Gasteiger charge is -2.12. The Morgan fingerprint density at radius 2 is 2.00 bits per heavy atom. The molecule has 0 bridgehead atoms. The number of aromatic amines is 2. The van der Waals surface area contributed by atoms with Gasteiger partial charge in [-0.25, -0.2) is 0 Å². The van der Waals surface area contributed by atoms with Crippen LogP contribution in [0.4, 0.5) is 0 Å². The van der Waals surface area contributed by atoms with E-state index in [9.17, 15) is 4.79 Å². The van der Waals surface area contributed by atoms with E-state index >= 15 is 0 Å². The Morgan fingerprint density at radius 1 is 1.29 bits per heavy atom. The monoisotopic (exact) mass is 367 g/mol. The number of aromatic nitrogens is 2. The lowest BCUT2D eigenvalue weighted by atomic mass is 10.1. The lowest BCUT2D eigenvalue weighted by molar-refractivity contribution is 0.353. The first kappa shape index (κ1) is 15.3. The third-order valence-electron chi connectivity index (χ3n) is 2.78. The van der Waals surface area contributed by atoms with Crippen LogP contribution in [0.1, 0.15) is 5.56 Å². The van der Waals surface area contributed by atoms with Gasteiger partial charge in [0.25, 0.3) is 5.56 Å². The van der Waals surface area contributed by atoms with Crippen molar-refractivity contribution in [3.63, 3.8) is 0 Å². The van der Waals surface area contributed by atoms with Gasteiger partial charge in [-0.05, 0) is 40.3 Å². The molecule has 1 aromatic heterocycles. The maximum absolute atomic E-state index is 11.8. The molecule has 0 unspecified atom stereocenters. The highest BCUT2D eigenvalue weighted by Gasteiger charge is 2.16. The number of hydrogen-bond acceptors (Lipinski definition) is 5. The fourth-order valence-electron chi connectivity index (χ4n) is 1.87. The molecule has 8 heteroatoms. The summed E-state index contributed by atoms with van der Waals surface area (Å²) in [7, 11) is 3.02. The Morgan fingerprint density at radius 3 is 2.57 bits per heavy atom. The number of H-pyrrole nitrogens is 2. The molecule has 0 atom stereocenters. The second kappa shape index (κ2) is 6.11. The molecule has 2 N–H and O–H groups in total. The number of rotatable bonds is 3. The van der Waals surface area contributed by atoms with Crippen LogP contribution in [-0.2, 0) is 0 Å². The first-order valence-electron chi connectivity index (χ1n) is 5.70. The predicted octanol–water partition coefficient (Wildman–Crippen LogP) is 2.75. The molecule has 0 saturated carbocycles. The van der Waals surface area contributed by atoms with Gasteiger partial charge in [-0.2, -0.15) is 5.26 Å². The summed E-state index contributed by atoms with van der Waals surface area (Å²) in [5.41, 5.74) is 0.311. The minimum atomic E-state index is -0.540. The van der Waals surface area contributed by atoms with Gasteiger partial charge in [0.1, 0.15) is 11.6 Å². The maximum Gasteiger partial charge on any atom is 0.270 e. The molecule has 2 rings (SSSR count). The van der Waals surface area contributed by atoms with Crippen LogP contribution in [0.3, 0.4) is 0 Å². The molecule has 21 heavy (non-hydrogen) atoms. The van der Waals surface area contributed by atoms with Crippen molar-refractivity contribution in [2.75, 3.05) is 14.2 Å². The van der Waals surface area contributed by atoms with Gasteiger partial charge >= 0.3 is 0 Å². The van der Waals surface area contributed by atoms with Crippen LogP contribution in [0.15, 0.2) is 21.4 Å². The molecule has 0 amide bonds. The summed E-state index contributed by atoms with van der Waals surface area (Å²) < 4.78 is 11.2. The number of nitrogens with zero attached hydrogens (tertiary/aromatic N) is 1. The summed E-state index contributed by atoms with van der Waals surface area (Å²) in [6.07, 6.45) is 0. The smallest absolute Gasteiger partial charge is 0.270 e. The van der Waals surface area contributed by atoms with Crippen molar-refractivity contribution in [3.05, 3.63) is 37.3 Å². The maximum atomic E-state index is 11.8. The van der Waals surface area contributed by atoms with Crippen molar-refractivity contribution < 1.29 is 9.47 Å². The van der Waals surface area contributed by atoms with Crippen molar-refractivity contribution in [3.8, 4) is 28.8 Å². The number of hydrogen-bond donors (Lipinski definition) is 2. The van der Waals surface area contributed by atoms with Gasteiger partial charge in [-0.15, -0.1) is 0 Å². The molecule has 0 aliphatic rings. The van der Waals surface area contributed by atoms with E-state index in [4.69, 9.17) is 27.0 Å². The molecule has 108 valence electrons. The molecule has 0 aliphatic heterocycles. The van der Waals surface area contributed by atoms with Gasteiger partial charge in [0, 0.05) is 5.56 Å². The molecule has 6 nitrogen and oxygen atoms in total. The normalized spacial score (nSPS) is 10.0. The summed E-state index contributed by atoms with van der Waals surface area (Å²) in [5.74, 6) is 0.980. The Bertz CT molecular complexity index is 851. The Balaban J connectivity index is 2.80. The van der Waals surface area contributed by atoms with E-state index in [1.807, 2.05) is 6.07 Å². The minimum absolute atomic E-state index is 0.0530. The third-order valence-corrected chi connectivity index (χ3v) is 3.57. The van der Waals surface area contributed by atoms with Crippen LogP contribution in [0.5, 0.6) is 11.5 Å².